The zero-order chi connectivity index (χ0) is 17.4. The SMILES string of the molecule is CCOc1ccc(NC(=O)/C=C/c2cccc(C#N)c2)cc1CO. The van der Waals surface area contributed by atoms with E-state index in [1.165, 1.54) is 6.08 Å². The van der Waals surface area contributed by atoms with Crippen LogP contribution in [-0.4, -0.2) is 17.6 Å². The van der Waals surface area contributed by atoms with Gasteiger partial charge in [0.15, 0.2) is 0 Å². The van der Waals surface area contributed by atoms with Crippen molar-refractivity contribution in [2.24, 2.45) is 0 Å². The number of rotatable bonds is 6. The first-order valence-electron chi connectivity index (χ1n) is 7.52. The Morgan fingerprint density at radius 2 is 2.17 bits per heavy atom. The molecule has 5 heteroatoms. The van der Waals surface area contributed by atoms with Gasteiger partial charge in [-0.05, 0) is 48.9 Å². The minimum Gasteiger partial charge on any atom is -0.494 e. The average Bonchev–Trinajstić information content (AvgIpc) is 2.61. The largest absolute Gasteiger partial charge is 0.494 e. The van der Waals surface area contributed by atoms with E-state index in [9.17, 15) is 9.90 Å². The Morgan fingerprint density at radius 3 is 2.88 bits per heavy atom. The van der Waals surface area contributed by atoms with Gasteiger partial charge in [0, 0.05) is 17.3 Å². The predicted molar refractivity (Wildman–Crippen MR) is 92.4 cm³/mol. The molecule has 122 valence electrons. The summed E-state index contributed by atoms with van der Waals surface area (Å²) in [6, 6.07) is 14.1. The van der Waals surface area contributed by atoms with E-state index in [1.54, 1.807) is 42.5 Å². The predicted octanol–water partition coefficient (Wildman–Crippen LogP) is 3.10. The summed E-state index contributed by atoms with van der Waals surface area (Å²) in [6.07, 6.45) is 3.03. The fraction of sp³-hybridized carbons (Fsp3) is 0.158. The van der Waals surface area contributed by atoms with Gasteiger partial charge in [-0.15, -0.1) is 0 Å². The van der Waals surface area contributed by atoms with Crippen molar-refractivity contribution in [2.45, 2.75) is 13.5 Å². The van der Waals surface area contributed by atoms with Gasteiger partial charge in [-0.2, -0.15) is 5.26 Å². The fourth-order valence-electron chi connectivity index (χ4n) is 2.14. The summed E-state index contributed by atoms with van der Waals surface area (Å²) in [5, 5.41) is 21.0. The van der Waals surface area contributed by atoms with E-state index in [2.05, 4.69) is 11.4 Å². The summed E-state index contributed by atoms with van der Waals surface area (Å²) >= 11 is 0. The second-order valence-electron chi connectivity index (χ2n) is 4.97. The molecule has 2 aromatic rings. The van der Waals surface area contributed by atoms with Crippen LogP contribution in [-0.2, 0) is 11.4 Å². The number of nitrogens with zero attached hydrogens (tertiary/aromatic N) is 1. The number of hydrogen-bond acceptors (Lipinski definition) is 4. The summed E-state index contributed by atoms with van der Waals surface area (Å²) in [4.78, 5) is 12.0. The maximum absolute atomic E-state index is 12.0. The molecule has 0 unspecified atom stereocenters. The smallest absolute Gasteiger partial charge is 0.248 e. The van der Waals surface area contributed by atoms with Gasteiger partial charge in [0.05, 0.1) is 24.8 Å². The van der Waals surface area contributed by atoms with Gasteiger partial charge in [0.25, 0.3) is 0 Å². The Bertz CT molecular complexity index is 791. The molecule has 2 aromatic carbocycles. The third-order valence-corrected chi connectivity index (χ3v) is 3.24. The molecule has 0 saturated heterocycles. The summed E-state index contributed by atoms with van der Waals surface area (Å²) in [7, 11) is 0. The third-order valence-electron chi connectivity index (χ3n) is 3.24. The number of anilines is 1. The molecule has 0 aliphatic carbocycles. The lowest BCUT2D eigenvalue weighted by molar-refractivity contribution is -0.111. The molecule has 0 fully saturated rings. The molecule has 0 atom stereocenters. The lowest BCUT2D eigenvalue weighted by atomic mass is 10.1. The molecule has 0 heterocycles. The topological polar surface area (TPSA) is 82.3 Å². The van der Waals surface area contributed by atoms with Gasteiger partial charge in [-0.25, -0.2) is 0 Å². The quantitative estimate of drug-likeness (QED) is 0.801. The number of nitriles is 1. The molecule has 0 spiro atoms. The summed E-state index contributed by atoms with van der Waals surface area (Å²) in [5.74, 6) is 0.298. The van der Waals surface area contributed by atoms with Gasteiger partial charge in [0.1, 0.15) is 5.75 Å². The monoisotopic (exact) mass is 322 g/mol. The van der Waals surface area contributed by atoms with Crippen LogP contribution in [0.1, 0.15) is 23.6 Å². The Labute approximate surface area is 140 Å². The summed E-state index contributed by atoms with van der Waals surface area (Å²) in [6.45, 7) is 2.20. The molecule has 0 radical (unpaired) electrons. The molecule has 0 saturated carbocycles. The molecule has 5 nitrogen and oxygen atoms in total. The van der Waals surface area contributed by atoms with Crippen molar-refractivity contribution in [3.05, 3.63) is 65.2 Å². The maximum atomic E-state index is 12.0. The molecule has 0 aliphatic rings. The van der Waals surface area contributed by atoms with E-state index in [0.29, 0.717) is 29.2 Å². The zero-order valence-corrected chi connectivity index (χ0v) is 13.3. The van der Waals surface area contributed by atoms with Crippen molar-refractivity contribution in [3.63, 3.8) is 0 Å². The van der Waals surface area contributed by atoms with Crippen LogP contribution in [0.4, 0.5) is 5.69 Å². The highest BCUT2D eigenvalue weighted by atomic mass is 16.5. The molecular formula is C19H18N2O3. The Morgan fingerprint density at radius 1 is 1.33 bits per heavy atom. The number of nitrogens with one attached hydrogen (secondary N) is 1. The number of amides is 1. The lowest BCUT2D eigenvalue weighted by Crippen LogP contribution is -2.08. The van der Waals surface area contributed by atoms with Crippen LogP contribution in [0.5, 0.6) is 5.75 Å². The minimum absolute atomic E-state index is 0.171. The van der Waals surface area contributed by atoms with Crippen molar-refractivity contribution < 1.29 is 14.6 Å². The van der Waals surface area contributed by atoms with Gasteiger partial charge in [0.2, 0.25) is 5.91 Å². The molecule has 2 rings (SSSR count). The lowest BCUT2D eigenvalue weighted by Gasteiger charge is -2.10. The van der Waals surface area contributed by atoms with Gasteiger partial charge < -0.3 is 15.2 Å². The Hall–Kier alpha value is -3.10. The van der Waals surface area contributed by atoms with E-state index >= 15 is 0 Å². The van der Waals surface area contributed by atoms with Crippen molar-refractivity contribution in [2.75, 3.05) is 11.9 Å². The van der Waals surface area contributed by atoms with Gasteiger partial charge in [-0.3, -0.25) is 4.79 Å². The molecule has 24 heavy (non-hydrogen) atoms. The third kappa shape index (κ3) is 4.70. The molecule has 2 N–H and O–H groups in total. The van der Waals surface area contributed by atoms with Crippen molar-refractivity contribution in [1.82, 2.24) is 0 Å². The standard InChI is InChI=1S/C19H18N2O3/c1-2-24-18-8-7-17(11-16(18)13-22)21-19(23)9-6-14-4-3-5-15(10-14)12-20/h3-11,22H,2,13H2,1H3,(H,21,23)/b9-6+. The van der Waals surface area contributed by atoms with Crippen LogP contribution in [0.2, 0.25) is 0 Å². The first kappa shape index (κ1) is 17.3. The van der Waals surface area contributed by atoms with Crippen LogP contribution in [0.25, 0.3) is 6.08 Å². The van der Waals surface area contributed by atoms with Gasteiger partial charge >= 0.3 is 0 Å². The van der Waals surface area contributed by atoms with Crippen LogP contribution in [0, 0.1) is 11.3 Å². The number of benzene rings is 2. The number of hydrogen-bond donors (Lipinski definition) is 2. The van der Waals surface area contributed by atoms with Gasteiger partial charge in [-0.1, -0.05) is 12.1 Å². The average molecular weight is 322 g/mol. The van der Waals surface area contributed by atoms with Crippen LogP contribution in [0.3, 0.4) is 0 Å². The minimum atomic E-state index is -0.301. The Kier molecular flexibility index (Phi) is 6.12. The molecule has 1 amide bonds. The second kappa shape index (κ2) is 8.51. The molecular weight excluding hydrogens is 304 g/mol. The Balaban J connectivity index is 2.06. The van der Waals surface area contributed by atoms with E-state index in [1.807, 2.05) is 13.0 Å². The summed E-state index contributed by atoms with van der Waals surface area (Å²) in [5.41, 5.74) is 2.49. The van der Waals surface area contributed by atoms with Crippen LogP contribution in [0.15, 0.2) is 48.5 Å². The first-order valence-corrected chi connectivity index (χ1v) is 7.52. The first-order chi connectivity index (χ1) is 11.7. The number of aliphatic hydroxyl groups is 1. The number of carbonyl (C=O) groups is 1. The molecule has 0 aromatic heterocycles. The molecule has 0 aliphatic heterocycles. The highest BCUT2D eigenvalue weighted by molar-refractivity contribution is 6.02. The van der Waals surface area contributed by atoms with E-state index in [-0.39, 0.29) is 12.5 Å². The maximum Gasteiger partial charge on any atom is 0.248 e. The molecule has 0 bridgehead atoms. The highest BCUT2D eigenvalue weighted by Gasteiger charge is 2.05. The van der Waals surface area contributed by atoms with E-state index in [0.717, 1.165) is 5.56 Å². The van der Waals surface area contributed by atoms with Crippen LogP contribution >= 0.6 is 0 Å². The van der Waals surface area contributed by atoms with Crippen molar-refractivity contribution in [1.29, 1.82) is 5.26 Å². The normalized spacial score (nSPS) is 10.4. The van der Waals surface area contributed by atoms with E-state index in [4.69, 9.17) is 10.00 Å². The zero-order valence-electron chi connectivity index (χ0n) is 13.3. The highest BCUT2D eigenvalue weighted by Crippen LogP contribution is 2.23. The second-order valence-corrected chi connectivity index (χ2v) is 4.97. The van der Waals surface area contributed by atoms with E-state index < -0.39 is 0 Å². The summed E-state index contributed by atoms with van der Waals surface area (Å²) < 4.78 is 5.40. The van der Waals surface area contributed by atoms with Crippen molar-refractivity contribution >= 4 is 17.7 Å². The number of carbonyl (C=O) groups excluding carboxylic acids is 1. The fourth-order valence-corrected chi connectivity index (χ4v) is 2.14. The number of ether oxygens (including phenoxy) is 1. The number of aliphatic hydroxyl groups excluding tert-OH is 1. The van der Waals surface area contributed by atoms with Crippen LogP contribution < -0.4 is 10.1 Å². The van der Waals surface area contributed by atoms with Crippen molar-refractivity contribution in [3.8, 4) is 11.8 Å².